The van der Waals surface area contributed by atoms with Gasteiger partial charge in [0, 0.05) is 45.3 Å². The van der Waals surface area contributed by atoms with Crippen LogP contribution in [0.2, 0.25) is 0 Å². The van der Waals surface area contributed by atoms with E-state index in [2.05, 4.69) is 21.7 Å². The number of ether oxygens (including phenoxy) is 2. The molecule has 150 valence electrons. The summed E-state index contributed by atoms with van der Waals surface area (Å²) in [6.45, 7) is 2.29. The number of rotatable bonds is 4. The Morgan fingerprint density at radius 2 is 1.89 bits per heavy atom. The second-order valence-electron chi connectivity index (χ2n) is 6.86. The van der Waals surface area contributed by atoms with Gasteiger partial charge in [0.25, 0.3) is 0 Å². The molecule has 1 saturated heterocycles. The van der Waals surface area contributed by atoms with Gasteiger partial charge < -0.3 is 25.0 Å². The van der Waals surface area contributed by atoms with Crippen molar-refractivity contribution in [3.63, 3.8) is 0 Å². The highest BCUT2D eigenvalue weighted by molar-refractivity contribution is 14.0. The number of fused-ring (bicyclic) bond motifs is 1. The Morgan fingerprint density at radius 3 is 2.63 bits per heavy atom. The van der Waals surface area contributed by atoms with Gasteiger partial charge in [-0.15, -0.1) is 24.0 Å². The van der Waals surface area contributed by atoms with Crippen LogP contribution in [0.4, 0.5) is 0 Å². The number of guanidine groups is 1. The molecule has 0 saturated carbocycles. The number of hydrogen-bond donors (Lipinski definition) is 2. The summed E-state index contributed by atoms with van der Waals surface area (Å²) in [6.07, 6.45) is 2.73. The molecule has 1 unspecified atom stereocenters. The lowest BCUT2D eigenvalue weighted by Crippen LogP contribution is -2.47. The minimum atomic E-state index is -0.0227. The molecule has 7 nitrogen and oxygen atoms in total. The summed E-state index contributed by atoms with van der Waals surface area (Å²) in [6, 6.07) is 8.47. The van der Waals surface area contributed by atoms with Gasteiger partial charge in [-0.05, 0) is 18.9 Å². The monoisotopic (exact) mass is 488 g/mol. The van der Waals surface area contributed by atoms with Crippen LogP contribution in [0.3, 0.4) is 0 Å². The van der Waals surface area contributed by atoms with Crippen molar-refractivity contribution in [2.45, 2.75) is 31.3 Å². The number of aliphatic imine (C=N–C) groups is 1. The Morgan fingerprint density at radius 1 is 1.15 bits per heavy atom. The molecule has 8 heteroatoms. The Labute approximate surface area is 177 Å². The van der Waals surface area contributed by atoms with E-state index in [1.807, 2.05) is 18.2 Å². The van der Waals surface area contributed by atoms with E-state index in [-0.39, 0.29) is 42.5 Å². The van der Waals surface area contributed by atoms with Gasteiger partial charge in [0.2, 0.25) is 5.91 Å². The fourth-order valence-electron chi connectivity index (χ4n) is 3.11. The van der Waals surface area contributed by atoms with E-state index < -0.39 is 0 Å². The van der Waals surface area contributed by atoms with Crippen LogP contribution in [0.25, 0.3) is 0 Å². The Balaban J connectivity index is 0.00000261. The van der Waals surface area contributed by atoms with Crippen molar-refractivity contribution in [3.8, 4) is 5.75 Å². The van der Waals surface area contributed by atoms with Gasteiger partial charge in [0.15, 0.2) is 5.96 Å². The van der Waals surface area contributed by atoms with Crippen molar-refractivity contribution >= 4 is 35.8 Å². The molecule has 2 heterocycles. The molecule has 2 aliphatic rings. The number of nitrogens with one attached hydrogen (secondary N) is 2. The normalized spacial score (nSPS) is 19.9. The third-order valence-electron chi connectivity index (χ3n) is 4.70. The third kappa shape index (κ3) is 6.24. The first-order valence-corrected chi connectivity index (χ1v) is 9.20. The number of amides is 1. The van der Waals surface area contributed by atoms with E-state index in [4.69, 9.17) is 9.47 Å². The first-order valence-electron chi connectivity index (χ1n) is 9.20. The zero-order chi connectivity index (χ0) is 18.4. The fourth-order valence-corrected chi connectivity index (χ4v) is 3.11. The van der Waals surface area contributed by atoms with Crippen LogP contribution < -0.4 is 15.4 Å². The van der Waals surface area contributed by atoms with Gasteiger partial charge >= 0.3 is 0 Å². The Kier molecular flexibility index (Phi) is 8.62. The number of carbonyl (C=O) groups excluding carboxylic acids is 1. The second kappa shape index (κ2) is 10.7. The standard InChI is InChI=1S/C19H28N4O3.HI/c1-23(2)18(24)13-20-19(21-14-7-10-25-11-8-14)22-16-9-12-26-17-6-4-3-5-15(16)17;/h3-6,14,16H,7-13H2,1-2H3,(H2,20,21,22);1H. The number of halogens is 1. The highest BCUT2D eigenvalue weighted by atomic mass is 127. The molecule has 1 aromatic carbocycles. The molecule has 0 aromatic heterocycles. The molecule has 0 aliphatic carbocycles. The van der Waals surface area contributed by atoms with Crippen LogP contribution in [0.1, 0.15) is 30.9 Å². The highest BCUT2D eigenvalue weighted by Crippen LogP contribution is 2.31. The van der Waals surface area contributed by atoms with Gasteiger partial charge in [-0.2, -0.15) is 0 Å². The summed E-state index contributed by atoms with van der Waals surface area (Å²) in [5.74, 6) is 1.56. The van der Waals surface area contributed by atoms with Gasteiger partial charge in [0.1, 0.15) is 12.3 Å². The van der Waals surface area contributed by atoms with E-state index in [0.717, 1.165) is 43.8 Å². The molecule has 3 rings (SSSR count). The van der Waals surface area contributed by atoms with E-state index in [1.165, 1.54) is 0 Å². The van der Waals surface area contributed by atoms with Crippen LogP contribution in [0, 0.1) is 0 Å². The van der Waals surface area contributed by atoms with Crippen molar-refractivity contribution in [2.24, 2.45) is 4.99 Å². The molecule has 2 aliphatic heterocycles. The van der Waals surface area contributed by atoms with Crippen LogP contribution in [0.15, 0.2) is 29.3 Å². The SMILES string of the molecule is CN(C)C(=O)CN=C(NC1CCOCC1)NC1CCOc2ccccc21.I. The largest absolute Gasteiger partial charge is 0.493 e. The summed E-state index contributed by atoms with van der Waals surface area (Å²) in [5, 5.41) is 6.98. The maximum Gasteiger partial charge on any atom is 0.243 e. The van der Waals surface area contributed by atoms with E-state index >= 15 is 0 Å². The van der Waals surface area contributed by atoms with Crippen molar-refractivity contribution in [3.05, 3.63) is 29.8 Å². The molecule has 1 atom stereocenters. The average molecular weight is 488 g/mol. The van der Waals surface area contributed by atoms with Crippen LogP contribution in [-0.4, -0.2) is 63.3 Å². The number of para-hydroxylation sites is 1. The molecule has 1 amide bonds. The predicted octanol–water partition coefficient (Wildman–Crippen LogP) is 1.93. The van der Waals surface area contributed by atoms with Crippen molar-refractivity contribution < 1.29 is 14.3 Å². The smallest absolute Gasteiger partial charge is 0.243 e. The molecule has 0 radical (unpaired) electrons. The molecular weight excluding hydrogens is 459 g/mol. The van der Waals surface area contributed by atoms with Crippen molar-refractivity contribution in [2.75, 3.05) is 40.5 Å². The lowest BCUT2D eigenvalue weighted by molar-refractivity contribution is -0.127. The minimum absolute atomic E-state index is 0. The lowest BCUT2D eigenvalue weighted by atomic mass is 10.0. The fraction of sp³-hybridized carbons (Fsp3) is 0.579. The number of likely N-dealkylation sites (N-methyl/N-ethyl adjacent to an activating group) is 1. The van der Waals surface area contributed by atoms with E-state index in [0.29, 0.717) is 18.6 Å². The quantitative estimate of drug-likeness (QED) is 0.385. The van der Waals surface area contributed by atoms with E-state index in [1.54, 1.807) is 19.0 Å². The summed E-state index contributed by atoms with van der Waals surface area (Å²) in [5.41, 5.74) is 1.12. The predicted molar refractivity (Wildman–Crippen MR) is 116 cm³/mol. The molecule has 1 aromatic rings. The Hall–Kier alpha value is -1.55. The average Bonchev–Trinajstić information content (AvgIpc) is 2.67. The first kappa shape index (κ1) is 21.7. The zero-order valence-electron chi connectivity index (χ0n) is 15.9. The summed E-state index contributed by atoms with van der Waals surface area (Å²) >= 11 is 0. The second-order valence-corrected chi connectivity index (χ2v) is 6.86. The molecule has 2 N–H and O–H groups in total. The molecule has 27 heavy (non-hydrogen) atoms. The topological polar surface area (TPSA) is 75.2 Å². The molecule has 0 bridgehead atoms. The van der Waals surface area contributed by atoms with Crippen molar-refractivity contribution in [1.82, 2.24) is 15.5 Å². The van der Waals surface area contributed by atoms with E-state index in [9.17, 15) is 4.79 Å². The Bertz CT molecular complexity index is 648. The maximum atomic E-state index is 12.0. The first-order chi connectivity index (χ1) is 12.6. The van der Waals surface area contributed by atoms with Gasteiger partial charge in [-0.1, -0.05) is 18.2 Å². The summed E-state index contributed by atoms with van der Waals surface area (Å²) in [7, 11) is 3.48. The summed E-state index contributed by atoms with van der Waals surface area (Å²) in [4.78, 5) is 18.0. The number of benzene rings is 1. The number of nitrogens with zero attached hydrogens (tertiary/aromatic N) is 2. The number of carbonyl (C=O) groups is 1. The maximum absolute atomic E-state index is 12.0. The summed E-state index contributed by atoms with van der Waals surface area (Å²) < 4.78 is 11.2. The lowest BCUT2D eigenvalue weighted by Gasteiger charge is -2.30. The van der Waals surface area contributed by atoms with Crippen LogP contribution in [-0.2, 0) is 9.53 Å². The number of hydrogen-bond acceptors (Lipinski definition) is 4. The van der Waals surface area contributed by atoms with Crippen LogP contribution >= 0.6 is 24.0 Å². The van der Waals surface area contributed by atoms with Gasteiger partial charge in [0.05, 0.1) is 12.6 Å². The molecule has 0 spiro atoms. The van der Waals surface area contributed by atoms with Crippen LogP contribution in [0.5, 0.6) is 5.75 Å². The zero-order valence-corrected chi connectivity index (χ0v) is 18.3. The minimum Gasteiger partial charge on any atom is -0.493 e. The molecule has 1 fully saturated rings. The molecular formula is C19H29IN4O3. The highest BCUT2D eigenvalue weighted by Gasteiger charge is 2.23. The van der Waals surface area contributed by atoms with Gasteiger partial charge in [-0.3, -0.25) is 4.79 Å². The third-order valence-corrected chi connectivity index (χ3v) is 4.70. The van der Waals surface area contributed by atoms with Gasteiger partial charge in [-0.25, -0.2) is 4.99 Å². The van der Waals surface area contributed by atoms with Crippen molar-refractivity contribution in [1.29, 1.82) is 0 Å².